The number of carbonyl (C=O) groups is 1. The molecule has 0 saturated heterocycles. The van der Waals surface area contributed by atoms with Crippen LogP contribution in [0.3, 0.4) is 0 Å². The molecule has 1 saturated carbocycles. The molecule has 0 heterocycles. The van der Waals surface area contributed by atoms with E-state index < -0.39 is 0 Å². The Morgan fingerprint density at radius 1 is 1.33 bits per heavy atom. The Bertz CT molecular complexity index is 230. The minimum atomic E-state index is 0.0610. The number of ether oxygens (including phenoxy) is 1. The molecule has 0 aliphatic heterocycles. The van der Waals surface area contributed by atoms with Gasteiger partial charge in [0.25, 0.3) is 0 Å². The summed E-state index contributed by atoms with van der Waals surface area (Å²) < 4.78 is 4.89. The molecule has 0 radical (unpaired) electrons. The maximum Gasteiger partial charge on any atom is 0.234 e. The highest BCUT2D eigenvalue weighted by Crippen LogP contribution is 2.21. The lowest BCUT2D eigenvalue weighted by atomic mass is 10.2. The first-order valence-electron chi connectivity index (χ1n) is 6.90. The van der Waals surface area contributed by atoms with Gasteiger partial charge in [0.2, 0.25) is 5.91 Å². The Balaban J connectivity index is 1.97. The van der Waals surface area contributed by atoms with Crippen molar-refractivity contribution in [1.82, 2.24) is 15.5 Å². The number of likely N-dealkylation sites (N-methyl/N-ethyl adjacent to an activating group) is 1. The molecule has 1 aliphatic carbocycles. The van der Waals surface area contributed by atoms with Crippen LogP contribution >= 0.6 is 0 Å². The van der Waals surface area contributed by atoms with Gasteiger partial charge in [-0.2, -0.15) is 0 Å². The van der Waals surface area contributed by atoms with Gasteiger partial charge in [-0.3, -0.25) is 4.79 Å². The summed E-state index contributed by atoms with van der Waals surface area (Å²) in [7, 11) is 3.81. The molecule has 0 unspecified atom stereocenters. The summed E-state index contributed by atoms with van der Waals surface area (Å²) >= 11 is 0. The van der Waals surface area contributed by atoms with Crippen molar-refractivity contribution in [1.29, 1.82) is 0 Å². The van der Waals surface area contributed by atoms with E-state index in [0.29, 0.717) is 19.7 Å². The van der Waals surface area contributed by atoms with Crippen molar-refractivity contribution in [2.24, 2.45) is 0 Å². The molecule has 5 nitrogen and oxygen atoms in total. The molecule has 1 amide bonds. The molecule has 106 valence electrons. The molecule has 2 N–H and O–H groups in total. The van der Waals surface area contributed by atoms with Gasteiger partial charge < -0.3 is 20.3 Å². The standard InChI is InChI=1S/C13H27N3O2/c1-16(12-5-3-4-6-12)9-7-15-13(17)11-14-8-10-18-2/h12,14H,3-11H2,1-2H3,(H,15,17). The van der Waals surface area contributed by atoms with Crippen molar-refractivity contribution >= 4 is 5.91 Å². The highest BCUT2D eigenvalue weighted by atomic mass is 16.5. The molecule has 1 fully saturated rings. The van der Waals surface area contributed by atoms with Gasteiger partial charge in [0.05, 0.1) is 13.2 Å². The fourth-order valence-corrected chi connectivity index (χ4v) is 2.34. The minimum absolute atomic E-state index is 0.0610. The number of nitrogens with one attached hydrogen (secondary N) is 2. The van der Waals surface area contributed by atoms with Gasteiger partial charge in [-0.1, -0.05) is 12.8 Å². The van der Waals surface area contributed by atoms with E-state index in [1.165, 1.54) is 25.7 Å². The zero-order chi connectivity index (χ0) is 13.2. The second-order valence-corrected chi connectivity index (χ2v) is 4.94. The second-order valence-electron chi connectivity index (χ2n) is 4.94. The van der Waals surface area contributed by atoms with E-state index in [1.54, 1.807) is 7.11 Å². The normalized spacial score (nSPS) is 16.4. The summed E-state index contributed by atoms with van der Waals surface area (Å²) in [5.41, 5.74) is 0. The fraction of sp³-hybridized carbons (Fsp3) is 0.923. The first-order chi connectivity index (χ1) is 8.74. The minimum Gasteiger partial charge on any atom is -0.383 e. The molecule has 18 heavy (non-hydrogen) atoms. The zero-order valence-corrected chi connectivity index (χ0v) is 11.7. The Hall–Kier alpha value is -0.650. The molecule has 0 aromatic carbocycles. The van der Waals surface area contributed by atoms with Gasteiger partial charge in [0, 0.05) is 32.8 Å². The monoisotopic (exact) mass is 257 g/mol. The predicted molar refractivity (Wildman–Crippen MR) is 72.6 cm³/mol. The molecular formula is C13H27N3O2. The van der Waals surface area contributed by atoms with E-state index in [2.05, 4.69) is 22.6 Å². The van der Waals surface area contributed by atoms with E-state index in [9.17, 15) is 4.79 Å². The molecule has 0 atom stereocenters. The number of rotatable bonds is 9. The molecule has 1 aliphatic rings. The summed E-state index contributed by atoms with van der Waals surface area (Å²) in [6.07, 6.45) is 5.32. The van der Waals surface area contributed by atoms with Crippen LogP contribution < -0.4 is 10.6 Å². The zero-order valence-electron chi connectivity index (χ0n) is 11.7. The van der Waals surface area contributed by atoms with Crippen LogP contribution in [0.5, 0.6) is 0 Å². The smallest absolute Gasteiger partial charge is 0.234 e. The summed E-state index contributed by atoms with van der Waals surface area (Å²) in [4.78, 5) is 13.8. The lowest BCUT2D eigenvalue weighted by Gasteiger charge is -2.23. The van der Waals surface area contributed by atoms with E-state index in [0.717, 1.165) is 19.1 Å². The Kier molecular flexibility index (Phi) is 7.96. The van der Waals surface area contributed by atoms with Crippen molar-refractivity contribution in [3.05, 3.63) is 0 Å². The largest absolute Gasteiger partial charge is 0.383 e. The van der Waals surface area contributed by atoms with E-state index in [1.807, 2.05) is 0 Å². The van der Waals surface area contributed by atoms with Crippen LogP contribution in [0.2, 0.25) is 0 Å². The molecule has 1 rings (SSSR count). The van der Waals surface area contributed by atoms with Gasteiger partial charge in [0.1, 0.15) is 0 Å². The lowest BCUT2D eigenvalue weighted by molar-refractivity contribution is -0.120. The number of hydrogen-bond donors (Lipinski definition) is 2. The average molecular weight is 257 g/mol. The lowest BCUT2D eigenvalue weighted by Crippen LogP contribution is -2.40. The summed E-state index contributed by atoms with van der Waals surface area (Å²) in [6.45, 7) is 3.40. The quantitative estimate of drug-likeness (QED) is 0.580. The summed E-state index contributed by atoms with van der Waals surface area (Å²) in [6, 6.07) is 0.724. The molecule has 5 heteroatoms. The third-order valence-corrected chi connectivity index (χ3v) is 3.50. The molecule has 0 aromatic heterocycles. The van der Waals surface area contributed by atoms with Gasteiger partial charge in [0.15, 0.2) is 0 Å². The first kappa shape index (κ1) is 15.4. The number of carbonyl (C=O) groups excluding carboxylic acids is 1. The van der Waals surface area contributed by atoms with Gasteiger partial charge >= 0.3 is 0 Å². The first-order valence-corrected chi connectivity index (χ1v) is 6.90. The van der Waals surface area contributed by atoms with Crippen LogP contribution in [-0.2, 0) is 9.53 Å². The highest BCUT2D eigenvalue weighted by molar-refractivity contribution is 5.77. The summed E-state index contributed by atoms with van der Waals surface area (Å²) in [5, 5.41) is 5.96. The van der Waals surface area contributed by atoms with Crippen molar-refractivity contribution in [2.75, 3.05) is 46.9 Å². The molecular weight excluding hydrogens is 230 g/mol. The SMILES string of the molecule is COCCNCC(=O)NCCN(C)C1CCCC1. The van der Waals surface area contributed by atoms with Crippen molar-refractivity contribution in [2.45, 2.75) is 31.7 Å². The number of amides is 1. The van der Waals surface area contributed by atoms with Crippen LogP contribution in [0.4, 0.5) is 0 Å². The van der Waals surface area contributed by atoms with Crippen molar-refractivity contribution in [3.8, 4) is 0 Å². The van der Waals surface area contributed by atoms with Crippen LogP contribution in [0.25, 0.3) is 0 Å². The van der Waals surface area contributed by atoms with Gasteiger partial charge in [-0.25, -0.2) is 0 Å². The Morgan fingerprint density at radius 3 is 2.72 bits per heavy atom. The van der Waals surface area contributed by atoms with Crippen LogP contribution in [0.1, 0.15) is 25.7 Å². The fourth-order valence-electron chi connectivity index (χ4n) is 2.34. The van der Waals surface area contributed by atoms with Crippen LogP contribution in [0, 0.1) is 0 Å². The van der Waals surface area contributed by atoms with Crippen molar-refractivity contribution < 1.29 is 9.53 Å². The second kappa shape index (κ2) is 9.30. The van der Waals surface area contributed by atoms with Crippen LogP contribution in [0.15, 0.2) is 0 Å². The maximum absolute atomic E-state index is 11.5. The van der Waals surface area contributed by atoms with E-state index in [4.69, 9.17) is 4.74 Å². The Morgan fingerprint density at radius 2 is 2.06 bits per heavy atom. The number of nitrogens with zero attached hydrogens (tertiary/aromatic N) is 1. The third kappa shape index (κ3) is 6.33. The predicted octanol–water partition coefficient (Wildman–Crippen LogP) is 0.213. The topological polar surface area (TPSA) is 53.6 Å². The van der Waals surface area contributed by atoms with Gasteiger partial charge in [-0.05, 0) is 19.9 Å². The number of methoxy groups -OCH3 is 1. The number of hydrogen-bond acceptors (Lipinski definition) is 4. The average Bonchev–Trinajstić information content (AvgIpc) is 2.88. The summed E-state index contributed by atoms with van der Waals surface area (Å²) in [5.74, 6) is 0.0610. The molecule has 0 bridgehead atoms. The Labute approximate surface area is 110 Å². The van der Waals surface area contributed by atoms with Crippen molar-refractivity contribution in [3.63, 3.8) is 0 Å². The van der Waals surface area contributed by atoms with Crippen LogP contribution in [-0.4, -0.2) is 63.8 Å². The maximum atomic E-state index is 11.5. The van der Waals surface area contributed by atoms with E-state index in [-0.39, 0.29) is 5.91 Å². The molecule has 0 aromatic rings. The van der Waals surface area contributed by atoms with Gasteiger partial charge in [-0.15, -0.1) is 0 Å². The third-order valence-electron chi connectivity index (χ3n) is 3.50. The highest BCUT2D eigenvalue weighted by Gasteiger charge is 2.18. The van der Waals surface area contributed by atoms with E-state index >= 15 is 0 Å². The molecule has 0 spiro atoms.